The summed E-state index contributed by atoms with van der Waals surface area (Å²) in [6.07, 6.45) is 0. The van der Waals surface area contributed by atoms with Crippen LogP contribution in [0.4, 0.5) is 0 Å². The summed E-state index contributed by atoms with van der Waals surface area (Å²) < 4.78 is 31.4. The van der Waals surface area contributed by atoms with Gasteiger partial charge in [-0.15, -0.1) is 0 Å². The van der Waals surface area contributed by atoms with Crippen LogP contribution >= 0.6 is 0 Å². The molecule has 0 spiro atoms. The maximum atomic E-state index is 12.1. The van der Waals surface area contributed by atoms with Crippen molar-refractivity contribution in [2.75, 3.05) is 46.9 Å². The van der Waals surface area contributed by atoms with E-state index in [0.29, 0.717) is 12.4 Å². The summed E-state index contributed by atoms with van der Waals surface area (Å²) in [5.74, 6) is 0.690. The normalized spacial score (nSPS) is 17.9. The summed E-state index contributed by atoms with van der Waals surface area (Å²) in [6.45, 7) is 10.0. The number of benzene rings is 2. The van der Waals surface area contributed by atoms with Gasteiger partial charge in [-0.3, -0.25) is 9.80 Å². The van der Waals surface area contributed by atoms with Crippen molar-refractivity contribution in [1.29, 1.82) is 0 Å². The summed E-state index contributed by atoms with van der Waals surface area (Å²) >= 11 is 0. The fourth-order valence-corrected chi connectivity index (χ4v) is 4.69. The molecule has 0 N–H and O–H groups in total. The van der Waals surface area contributed by atoms with Crippen LogP contribution in [0.15, 0.2) is 59.5 Å². The summed E-state index contributed by atoms with van der Waals surface area (Å²) in [6, 6.07) is 17.2. The minimum absolute atomic E-state index is 0.0935. The summed E-state index contributed by atoms with van der Waals surface area (Å²) in [4.78, 5) is 5.26. The summed E-state index contributed by atoms with van der Waals surface area (Å²) in [5.41, 5.74) is 1.44. The molecule has 0 aliphatic carbocycles. The number of ether oxygens (including phenoxy) is 1. The first-order valence-corrected chi connectivity index (χ1v) is 11.8. The van der Waals surface area contributed by atoms with Gasteiger partial charge in [-0.1, -0.05) is 30.3 Å². The van der Waals surface area contributed by atoms with Crippen LogP contribution in [0, 0.1) is 0 Å². The molecular weight excluding hydrogens is 398 g/mol. The molecule has 1 heterocycles. The van der Waals surface area contributed by atoms with Crippen LogP contribution in [-0.2, 0) is 16.6 Å². The number of nitrogens with zero attached hydrogens (tertiary/aromatic N) is 3. The second-order valence-corrected chi connectivity index (χ2v) is 10.8. The predicted octanol–water partition coefficient (Wildman–Crippen LogP) is 2.91. The van der Waals surface area contributed by atoms with E-state index in [1.165, 1.54) is 24.0 Å². The molecule has 6 nitrogen and oxygen atoms in total. The Balaban J connectivity index is 1.48. The Kier molecular flexibility index (Phi) is 7.18. The highest BCUT2D eigenvalue weighted by Crippen LogP contribution is 2.23. The molecule has 1 aliphatic heterocycles. The van der Waals surface area contributed by atoms with Gasteiger partial charge in [-0.2, -0.15) is 0 Å². The predicted molar refractivity (Wildman–Crippen MR) is 120 cm³/mol. The van der Waals surface area contributed by atoms with Gasteiger partial charge in [0.1, 0.15) is 12.4 Å². The van der Waals surface area contributed by atoms with Crippen molar-refractivity contribution in [3.8, 4) is 5.75 Å². The third kappa shape index (κ3) is 5.60. The lowest BCUT2D eigenvalue weighted by Gasteiger charge is -2.47. The first-order valence-electron chi connectivity index (χ1n) is 10.4. The number of hydrogen-bond acceptors (Lipinski definition) is 5. The molecule has 0 aromatic heterocycles. The fraction of sp³-hybridized carbons (Fsp3) is 0.478. The molecule has 0 atom stereocenters. The van der Waals surface area contributed by atoms with E-state index < -0.39 is 10.0 Å². The molecular formula is C23H33N3O3S. The van der Waals surface area contributed by atoms with Gasteiger partial charge in [-0.05, 0) is 43.7 Å². The van der Waals surface area contributed by atoms with Crippen molar-refractivity contribution in [1.82, 2.24) is 14.1 Å². The standard InChI is InChI=1S/C23H33N3O3S/c1-23(2)19-25(14-15-26(23)18-20-8-6-5-7-9-20)16-17-29-21-10-12-22(13-11-21)30(27,28)24(3)4/h5-13H,14-19H2,1-4H3. The van der Waals surface area contributed by atoms with Crippen molar-refractivity contribution in [3.63, 3.8) is 0 Å². The smallest absolute Gasteiger partial charge is 0.242 e. The fourth-order valence-electron chi connectivity index (χ4n) is 3.79. The third-order valence-corrected chi connectivity index (χ3v) is 7.48. The first kappa shape index (κ1) is 22.7. The summed E-state index contributed by atoms with van der Waals surface area (Å²) in [5, 5.41) is 0. The Morgan fingerprint density at radius 2 is 1.67 bits per heavy atom. The maximum Gasteiger partial charge on any atom is 0.242 e. The quantitative estimate of drug-likeness (QED) is 0.643. The van der Waals surface area contributed by atoms with Crippen LogP contribution < -0.4 is 4.74 Å². The Hall–Kier alpha value is -1.93. The van der Waals surface area contributed by atoms with Gasteiger partial charge in [-0.25, -0.2) is 12.7 Å². The second-order valence-electron chi connectivity index (χ2n) is 8.60. The number of rotatable bonds is 8. The molecule has 0 amide bonds. The maximum absolute atomic E-state index is 12.1. The average molecular weight is 432 g/mol. The SMILES string of the molecule is CN(C)S(=O)(=O)c1ccc(OCCN2CCN(Cc3ccccc3)C(C)(C)C2)cc1. The molecule has 1 aliphatic rings. The highest BCUT2D eigenvalue weighted by Gasteiger charge is 2.33. The van der Waals surface area contributed by atoms with E-state index in [9.17, 15) is 8.42 Å². The third-order valence-electron chi connectivity index (χ3n) is 5.65. The lowest BCUT2D eigenvalue weighted by molar-refractivity contribution is 0.00923. The van der Waals surface area contributed by atoms with Crippen molar-refractivity contribution in [3.05, 3.63) is 60.2 Å². The molecule has 2 aromatic carbocycles. The van der Waals surface area contributed by atoms with E-state index in [4.69, 9.17) is 4.74 Å². The molecule has 0 radical (unpaired) electrons. The second kappa shape index (κ2) is 9.47. The molecule has 1 fully saturated rings. The van der Waals surface area contributed by atoms with Crippen LogP contribution in [-0.4, -0.2) is 74.9 Å². The van der Waals surface area contributed by atoms with Crippen molar-refractivity contribution in [2.24, 2.45) is 0 Å². The Labute approximate surface area is 181 Å². The Morgan fingerprint density at radius 3 is 2.27 bits per heavy atom. The van der Waals surface area contributed by atoms with Crippen LogP contribution in [0.2, 0.25) is 0 Å². The van der Waals surface area contributed by atoms with Crippen molar-refractivity contribution in [2.45, 2.75) is 30.8 Å². The van der Waals surface area contributed by atoms with Gasteiger partial charge in [0.05, 0.1) is 4.90 Å². The molecule has 7 heteroatoms. The van der Waals surface area contributed by atoms with Gasteiger partial charge >= 0.3 is 0 Å². The first-order chi connectivity index (χ1) is 14.2. The molecule has 2 aromatic rings. The zero-order valence-corrected chi connectivity index (χ0v) is 19.2. The van der Waals surface area contributed by atoms with Crippen LogP contribution in [0.1, 0.15) is 19.4 Å². The van der Waals surface area contributed by atoms with Gasteiger partial charge in [0.15, 0.2) is 0 Å². The van der Waals surface area contributed by atoms with Crippen LogP contribution in [0.25, 0.3) is 0 Å². The Morgan fingerprint density at radius 1 is 1.00 bits per heavy atom. The molecule has 0 saturated carbocycles. The molecule has 30 heavy (non-hydrogen) atoms. The van der Waals surface area contributed by atoms with Gasteiger partial charge in [0.2, 0.25) is 10.0 Å². The van der Waals surface area contributed by atoms with E-state index in [1.807, 2.05) is 0 Å². The van der Waals surface area contributed by atoms with Gasteiger partial charge in [0.25, 0.3) is 0 Å². The Bertz CT molecular complexity index is 912. The number of hydrogen-bond donors (Lipinski definition) is 0. The van der Waals surface area contributed by atoms with Crippen molar-refractivity contribution < 1.29 is 13.2 Å². The molecule has 3 rings (SSSR count). The molecule has 1 saturated heterocycles. The van der Waals surface area contributed by atoms with Crippen LogP contribution in [0.3, 0.4) is 0 Å². The molecule has 164 valence electrons. The lowest BCUT2D eigenvalue weighted by Crippen LogP contribution is -2.59. The molecule has 0 bridgehead atoms. The van der Waals surface area contributed by atoms with E-state index in [0.717, 1.165) is 32.7 Å². The number of piperazine rings is 1. The highest BCUT2D eigenvalue weighted by molar-refractivity contribution is 7.89. The minimum Gasteiger partial charge on any atom is -0.492 e. The summed E-state index contributed by atoms with van der Waals surface area (Å²) in [7, 11) is -0.350. The van der Waals surface area contributed by atoms with Crippen molar-refractivity contribution >= 4 is 10.0 Å². The zero-order valence-electron chi connectivity index (χ0n) is 18.4. The van der Waals surface area contributed by atoms with E-state index >= 15 is 0 Å². The average Bonchev–Trinajstić information content (AvgIpc) is 2.71. The van der Waals surface area contributed by atoms with E-state index in [1.54, 1.807) is 24.3 Å². The zero-order chi connectivity index (χ0) is 21.8. The van der Waals surface area contributed by atoms with Gasteiger partial charge < -0.3 is 4.74 Å². The van der Waals surface area contributed by atoms with Crippen LogP contribution in [0.5, 0.6) is 5.75 Å². The van der Waals surface area contributed by atoms with Gasteiger partial charge in [0, 0.05) is 52.4 Å². The highest BCUT2D eigenvalue weighted by atomic mass is 32.2. The molecule has 0 unspecified atom stereocenters. The number of sulfonamides is 1. The monoisotopic (exact) mass is 431 g/mol. The van der Waals surface area contributed by atoms with E-state index in [2.05, 4.69) is 54.0 Å². The lowest BCUT2D eigenvalue weighted by atomic mass is 9.97. The minimum atomic E-state index is -3.41. The van der Waals surface area contributed by atoms with E-state index in [-0.39, 0.29) is 10.4 Å². The largest absolute Gasteiger partial charge is 0.492 e. The topological polar surface area (TPSA) is 53.1 Å².